The van der Waals surface area contributed by atoms with Crippen LogP contribution in [0.3, 0.4) is 0 Å². The van der Waals surface area contributed by atoms with Crippen LogP contribution < -0.4 is 0 Å². The van der Waals surface area contributed by atoms with E-state index in [1.54, 1.807) is 6.92 Å². The second-order valence-corrected chi connectivity index (χ2v) is 7.28. The van der Waals surface area contributed by atoms with E-state index in [4.69, 9.17) is 4.52 Å². The Morgan fingerprint density at radius 1 is 1.27 bits per heavy atom. The maximum atomic E-state index is 12.6. The first-order valence-corrected chi connectivity index (χ1v) is 9.06. The average molecular weight is 353 g/mol. The molecule has 1 N–H and O–H groups in total. The lowest BCUT2D eigenvalue weighted by atomic mass is 9.79. The van der Waals surface area contributed by atoms with Gasteiger partial charge in [0.25, 0.3) is 0 Å². The zero-order valence-electron chi connectivity index (χ0n) is 15.2. The number of aryl methyl sites for hydroxylation is 2. The van der Waals surface area contributed by atoms with Gasteiger partial charge in [0.05, 0.1) is 11.0 Å². The Bertz CT molecular complexity index is 888. The number of rotatable bonds is 4. The van der Waals surface area contributed by atoms with Crippen molar-refractivity contribution in [3.8, 4) is 0 Å². The first-order chi connectivity index (χ1) is 12.5. The minimum Gasteiger partial charge on any atom is -0.343 e. The summed E-state index contributed by atoms with van der Waals surface area (Å²) in [4.78, 5) is 26.7. The number of imidazole rings is 1. The number of likely N-dealkylation sites (tertiary alicyclic amines) is 1. The highest BCUT2D eigenvalue weighted by atomic mass is 16.5. The molecule has 3 aromatic rings. The van der Waals surface area contributed by atoms with E-state index in [2.05, 4.69) is 27.0 Å². The third-order valence-electron chi connectivity index (χ3n) is 5.30. The van der Waals surface area contributed by atoms with Crippen LogP contribution in [0.5, 0.6) is 0 Å². The van der Waals surface area contributed by atoms with Gasteiger partial charge in [-0.3, -0.25) is 4.79 Å². The van der Waals surface area contributed by atoms with Gasteiger partial charge >= 0.3 is 0 Å². The lowest BCUT2D eigenvalue weighted by Crippen LogP contribution is -2.44. The van der Waals surface area contributed by atoms with E-state index in [0.29, 0.717) is 18.7 Å². The van der Waals surface area contributed by atoms with Crippen LogP contribution in [0.2, 0.25) is 0 Å². The van der Waals surface area contributed by atoms with E-state index >= 15 is 0 Å². The molecule has 4 rings (SSSR count). The number of fused-ring (bicyclic) bond motifs is 1. The van der Waals surface area contributed by atoms with Crippen LogP contribution in [0.15, 0.2) is 28.8 Å². The number of nitrogens with zero attached hydrogens (tertiary/aromatic N) is 4. The molecule has 136 valence electrons. The Morgan fingerprint density at radius 3 is 2.73 bits per heavy atom. The molecule has 0 saturated carbocycles. The molecule has 1 aromatic carbocycles. The van der Waals surface area contributed by atoms with Crippen LogP contribution in [-0.4, -0.2) is 44.0 Å². The summed E-state index contributed by atoms with van der Waals surface area (Å²) in [5, 5.41) is 4.08. The van der Waals surface area contributed by atoms with Crippen LogP contribution in [0.1, 0.15) is 43.7 Å². The highest BCUT2D eigenvalue weighted by Gasteiger charge is 2.36. The molecule has 3 heterocycles. The van der Waals surface area contributed by atoms with Gasteiger partial charge in [-0.2, -0.15) is 4.98 Å². The van der Waals surface area contributed by atoms with Crippen molar-refractivity contribution in [3.05, 3.63) is 41.8 Å². The largest absolute Gasteiger partial charge is 0.343 e. The van der Waals surface area contributed by atoms with Crippen molar-refractivity contribution in [1.29, 1.82) is 0 Å². The number of hydrogen-bond donors (Lipinski definition) is 1. The van der Waals surface area contributed by atoms with Crippen molar-refractivity contribution in [2.45, 2.75) is 44.9 Å². The molecule has 0 aliphatic carbocycles. The van der Waals surface area contributed by atoms with Crippen molar-refractivity contribution in [1.82, 2.24) is 25.0 Å². The number of H-pyrrole nitrogens is 1. The van der Waals surface area contributed by atoms with Gasteiger partial charge in [-0.05, 0) is 25.0 Å². The number of benzene rings is 1. The number of aromatic amines is 1. The summed E-state index contributed by atoms with van der Waals surface area (Å²) in [6.07, 6.45) is 2.80. The Hall–Kier alpha value is -2.70. The van der Waals surface area contributed by atoms with Gasteiger partial charge in [0, 0.05) is 38.3 Å². The molecular weight excluding hydrogens is 330 g/mol. The minimum absolute atomic E-state index is 0.118. The second kappa shape index (κ2) is 6.55. The predicted octanol–water partition coefficient (Wildman–Crippen LogP) is 2.77. The fourth-order valence-electron chi connectivity index (χ4n) is 3.53. The number of amides is 1. The molecule has 1 saturated heterocycles. The zero-order valence-corrected chi connectivity index (χ0v) is 15.2. The Balaban J connectivity index is 1.33. The summed E-state index contributed by atoms with van der Waals surface area (Å²) in [5.41, 5.74) is 1.84. The van der Waals surface area contributed by atoms with Gasteiger partial charge < -0.3 is 14.4 Å². The number of piperidine rings is 1. The smallest absolute Gasteiger partial charge is 0.223 e. The molecule has 7 heteroatoms. The Kier molecular flexibility index (Phi) is 4.22. The summed E-state index contributed by atoms with van der Waals surface area (Å²) in [6.45, 7) is 5.40. The van der Waals surface area contributed by atoms with Crippen LogP contribution in [0.4, 0.5) is 0 Å². The fraction of sp³-hybridized carbons (Fsp3) is 0.474. The first-order valence-electron chi connectivity index (χ1n) is 9.06. The van der Waals surface area contributed by atoms with Gasteiger partial charge in [0.15, 0.2) is 5.82 Å². The van der Waals surface area contributed by atoms with Crippen LogP contribution in [0.25, 0.3) is 11.0 Å². The second-order valence-electron chi connectivity index (χ2n) is 7.28. The lowest BCUT2D eigenvalue weighted by Gasteiger charge is -2.37. The van der Waals surface area contributed by atoms with Gasteiger partial charge in [0.2, 0.25) is 11.8 Å². The van der Waals surface area contributed by atoms with Crippen molar-refractivity contribution in [3.63, 3.8) is 0 Å². The maximum Gasteiger partial charge on any atom is 0.223 e. The van der Waals surface area contributed by atoms with Gasteiger partial charge in [-0.25, -0.2) is 4.98 Å². The van der Waals surface area contributed by atoms with E-state index in [-0.39, 0.29) is 11.3 Å². The number of carbonyl (C=O) groups excluding carboxylic acids is 1. The van der Waals surface area contributed by atoms with Gasteiger partial charge in [-0.1, -0.05) is 24.2 Å². The summed E-state index contributed by atoms with van der Waals surface area (Å²) in [6, 6.07) is 7.92. The van der Waals surface area contributed by atoms with Gasteiger partial charge in [-0.15, -0.1) is 0 Å². The van der Waals surface area contributed by atoms with Crippen molar-refractivity contribution in [2.24, 2.45) is 0 Å². The standard InChI is InChI=1S/C19H23N5O2/c1-13-20-18(23-26-13)19(2)9-11-24(12-10-19)17(25)8-7-16-21-14-5-3-4-6-15(14)22-16/h3-6H,7-12H2,1-2H3,(H,21,22). The van der Waals surface area contributed by atoms with Crippen molar-refractivity contribution < 1.29 is 9.32 Å². The number of para-hydroxylation sites is 2. The summed E-state index contributed by atoms with van der Waals surface area (Å²) in [7, 11) is 0. The maximum absolute atomic E-state index is 12.6. The molecule has 7 nitrogen and oxygen atoms in total. The predicted molar refractivity (Wildman–Crippen MR) is 96.6 cm³/mol. The molecular formula is C19H23N5O2. The number of hydrogen-bond acceptors (Lipinski definition) is 5. The number of aromatic nitrogens is 4. The zero-order chi connectivity index (χ0) is 18.1. The first kappa shape index (κ1) is 16.8. The highest BCUT2D eigenvalue weighted by molar-refractivity contribution is 5.77. The minimum atomic E-state index is -0.118. The van der Waals surface area contributed by atoms with Crippen molar-refractivity contribution in [2.75, 3.05) is 13.1 Å². The molecule has 26 heavy (non-hydrogen) atoms. The summed E-state index contributed by atoms with van der Waals surface area (Å²) < 4.78 is 5.12. The van der Waals surface area contributed by atoms with E-state index < -0.39 is 0 Å². The molecule has 1 aliphatic heterocycles. The average Bonchev–Trinajstić information content (AvgIpc) is 3.26. The molecule has 1 amide bonds. The SMILES string of the molecule is Cc1nc(C2(C)CCN(C(=O)CCc3nc4ccccc4[nH]3)CC2)no1. The fourth-order valence-corrected chi connectivity index (χ4v) is 3.53. The van der Waals surface area contributed by atoms with Crippen molar-refractivity contribution >= 4 is 16.9 Å². The van der Waals surface area contributed by atoms with Crippen LogP contribution in [-0.2, 0) is 16.6 Å². The van der Waals surface area contributed by atoms with E-state index in [1.165, 1.54) is 0 Å². The molecule has 0 radical (unpaired) electrons. The molecule has 0 atom stereocenters. The Labute approximate surface area is 151 Å². The lowest BCUT2D eigenvalue weighted by molar-refractivity contribution is -0.132. The molecule has 1 fully saturated rings. The summed E-state index contributed by atoms with van der Waals surface area (Å²) >= 11 is 0. The van der Waals surface area contributed by atoms with E-state index in [1.807, 2.05) is 29.2 Å². The van der Waals surface area contributed by atoms with Crippen LogP contribution >= 0.6 is 0 Å². The van der Waals surface area contributed by atoms with Gasteiger partial charge in [0.1, 0.15) is 5.82 Å². The highest BCUT2D eigenvalue weighted by Crippen LogP contribution is 2.33. The number of nitrogens with one attached hydrogen (secondary N) is 1. The quantitative estimate of drug-likeness (QED) is 0.779. The molecule has 0 spiro atoms. The molecule has 0 bridgehead atoms. The molecule has 2 aromatic heterocycles. The van der Waals surface area contributed by atoms with E-state index in [0.717, 1.165) is 48.6 Å². The van der Waals surface area contributed by atoms with Crippen LogP contribution in [0, 0.1) is 6.92 Å². The topological polar surface area (TPSA) is 87.9 Å². The summed E-state index contributed by atoms with van der Waals surface area (Å²) in [5.74, 6) is 2.38. The molecule has 0 unspecified atom stereocenters. The third kappa shape index (κ3) is 3.21. The normalized spacial score (nSPS) is 16.9. The van der Waals surface area contributed by atoms with E-state index in [9.17, 15) is 4.79 Å². The number of carbonyl (C=O) groups is 1. The third-order valence-corrected chi connectivity index (χ3v) is 5.30. The Morgan fingerprint density at radius 2 is 2.04 bits per heavy atom. The monoisotopic (exact) mass is 353 g/mol. The molecule has 1 aliphatic rings.